The summed E-state index contributed by atoms with van der Waals surface area (Å²) in [6.45, 7) is 1.29. The summed E-state index contributed by atoms with van der Waals surface area (Å²) < 4.78 is 6.57. The van der Waals surface area contributed by atoms with Crippen molar-refractivity contribution < 1.29 is 14.9 Å². The molecule has 0 saturated carbocycles. The summed E-state index contributed by atoms with van der Waals surface area (Å²) in [5, 5.41) is 18.6. The molecule has 1 fully saturated rings. The smallest absolute Gasteiger partial charge is 0.354 e. The van der Waals surface area contributed by atoms with Crippen LogP contribution in [0.2, 0.25) is 0 Å². The van der Waals surface area contributed by atoms with Crippen molar-refractivity contribution >= 4 is 5.95 Å². The van der Waals surface area contributed by atoms with Crippen LogP contribution in [0.4, 0.5) is 5.95 Å². The molecule has 1 aromatic heterocycles. The number of aliphatic hydroxyl groups is 2. The van der Waals surface area contributed by atoms with Crippen LogP contribution in [0.5, 0.6) is 0 Å². The Morgan fingerprint density at radius 1 is 1.59 bits per heavy atom. The molecule has 17 heavy (non-hydrogen) atoms. The molecule has 1 aliphatic rings. The zero-order valence-electron chi connectivity index (χ0n) is 9.28. The van der Waals surface area contributed by atoms with Gasteiger partial charge < -0.3 is 20.7 Å². The molecule has 8 nitrogen and oxygen atoms in total. The van der Waals surface area contributed by atoms with Crippen LogP contribution in [0.3, 0.4) is 0 Å². The van der Waals surface area contributed by atoms with Crippen molar-refractivity contribution in [1.82, 2.24) is 14.5 Å². The molecule has 94 valence electrons. The topological polar surface area (TPSA) is 123 Å². The van der Waals surface area contributed by atoms with E-state index < -0.39 is 24.1 Å². The maximum Gasteiger partial charge on any atom is 0.354 e. The minimum absolute atomic E-state index is 0.0963. The second-order valence-corrected chi connectivity index (χ2v) is 3.90. The number of ether oxygens (including phenoxy) is 1. The van der Waals surface area contributed by atoms with Crippen molar-refractivity contribution in [1.29, 1.82) is 0 Å². The Bertz CT molecular complexity index is 475. The number of rotatable bonds is 2. The van der Waals surface area contributed by atoms with Crippen molar-refractivity contribution in [3.63, 3.8) is 0 Å². The molecule has 0 amide bonds. The van der Waals surface area contributed by atoms with Crippen molar-refractivity contribution in [3.8, 4) is 0 Å². The molecule has 1 aromatic rings. The molecule has 1 aliphatic heterocycles. The molecular weight excluding hydrogens is 228 g/mol. The van der Waals surface area contributed by atoms with Gasteiger partial charge in [0.15, 0.2) is 0 Å². The second-order valence-electron chi connectivity index (χ2n) is 3.90. The minimum atomic E-state index is -0.811. The third-order valence-corrected chi connectivity index (χ3v) is 2.71. The van der Waals surface area contributed by atoms with Crippen LogP contribution in [0.1, 0.15) is 18.5 Å². The third kappa shape index (κ3) is 2.14. The number of aromatic nitrogens is 3. The lowest BCUT2D eigenvalue weighted by Crippen LogP contribution is -2.31. The quantitative estimate of drug-likeness (QED) is 0.557. The van der Waals surface area contributed by atoms with E-state index in [0.717, 1.165) is 0 Å². The largest absolute Gasteiger partial charge is 0.394 e. The first kappa shape index (κ1) is 12.0. The summed E-state index contributed by atoms with van der Waals surface area (Å²) >= 11 is 0. The standard InChI is InChI=1S/C9H14N4O4/c1-4-11-8(10)12-9(16)13(4)7-2-5(15)6(3-14)17-7/h5-7,14-15H,2-3H2,1H3,(H2,10,12,16)/t5-,6+,7-/m0/s1. The zero-order valence-corrected chi connectivity index (χ0v) is 9.28. The number of hydrogen-bond donors (Lipinski definition) is 3. The van der Waals surface area contributed by atoms with Gasteiger partial charge in [-0.15, -0.1) is 0 Å². The van der Waals surface area contributed by atoms with E-state index in [2.05, 4.69) is 9.97 Å². The Kier molecular flexibility index (Phi) is 3.09. The van der Waals surface area contributed by atoms with Crippen LogP contribution < -0.4 is 11.4 Å². The fourth-order valence-corrected chi connectivity index (χ4v) is 1.90. The van der Waals surface area contributed by atoms with Crippen LogP contribution in [-0.4, -0.2) is 43.6 Å². The minimum Gasteiger partial charge on any atom is -0.394 e. The van der Waals surface area contributed by atoms with Crippen molar-refractivity contribution in [2.75, 3.05) is 12.3 Å². The molecule has 0 aliphatic carbocycles. The van der Waals surface area contributed by atoms with Crippen molar-refractivity contribution in [3.05, 3.63) is 16.3 Å². The van der Waals surface area contributed by atoms with Gasteiger partial charge in [-0.2, -0.15) is 9.97 Å². The molecule has 0 radical (unpaired) electrons. The van der Waals surface area contributed by atoms with E-state index in [-0.39, 0.29) is 19.0 Å². The van der Waals surface area contributed by atoms with E-state index in [1.54, 1.807) is 6.92 Å². The maximum atomic E-state index is 11.7. The van der Waals surface area contributed by atoms with Crippen molar-refractivity contribution in [2.24, 2.45) is 0 Å². The van der Waals surface area contributed by atoms with Gasteiger partial charge in [-0.3, -0.25) is 4.57 Å². The van der Waals surface area contributed by atoms with Gasteiger partial charge in [0.2, 0.25) is 5.95 Å². The normalized spacial score (nSPS) is 28.5. The number of nitrogen functional groups attached to an aromatic ring is 1. The first-order chi connectivity index (χ1) is 8.02. The Morgan fingerprint density at radius 3 is 2.82 bits per heavy atom. The zero-order chi connectivity index (χ0) is 12.6. The lowest BCUT2D eigenvalue weighted by Gasteiger charge is -2.16. The Labute approximate surface area is 96.7 Å². The van der Waals surface area contributed by atoms with E-state index in [9.17, 15) is 9.90 Å². The fourth-order valence-electron chi connectivity index (χ4n) is 1.90. The maximum absolute atomic E-state index is 11.7. The van der Waals surface area contributed by atoms with Gasteiger partial charge in [0, 0.05) is 6.42 Å². The monoisotopic (exact) mass is 242 g/mol. The Balaban J connectivity index is 2.34. The van der Waals surface area contributed by atoms with Crippen LogP contribution in [0, 0.1) is 6.92 Å². The van der Waals surface area contributed by atoms with Gasteiger partial charge in [0.1, 0.15) is 18.2 Å². The lowest BCUT2D eigenvalue weighted by molar-refractivity contribution is -0.0469. The van der Waals surface area contributed by atoms with Gasteiger partial charge in [-0.25, -0.2) is 4.79 Å². The van der Waals surface area contributed by atoms with Crippen LogP contribution in [0.25, 0.3) is 0 Å². The van der Waals surface area contributed by atoms with Gasteiger partial charge in [0.25, 0.3) is 0 Å². The average molecular weight is 242 g/mol. The molecule has 0 spiro atoms. The number of anilines is 1. The van der Waals surface area contributed by atoms with E-state index >= 15 is 0 Å². The molecule has 0 bridgehead atoms. The SMILES string of the molecule is Cc1nc(N)nc(=O)n1[C@@H]1C[C@H](O)[C@@H](CO)O1. The van der Waals surface area contributed by atoms with Gasteiger partial charge in [-0.1, -0.05) is 0 Å². The summed E-state index contributed by atoms with van der Waals surface area (Å²) in [5.41, 5.74) is 4.76. The summed E-state index contributed by atoms with van der Waals surface area (Å²) in [7, 11) is 0. The second kappa shape index (κ2) is 4.40. The number of aryl methyl sites for hydroxylation is 1. The van der Waals surface area contributed by atoms with Crippen molar-refractivity contribution in [2.45, 2.75) is 31.8 Å². The molecule has 0 unspecified atom stereocenters. The fraction of sp³-hybridized carbons (Fsp3) is 0.667. The lowest BCUT2D eigenvalue weighted by atomic mass is 10.2. The summed E-state index contributed by atoms with van der Waals surface area (Å²) in [4.78, 5) is 19.0. The summed E-state index contributed by atoms with van der Waals surface area (Å²) in [5.74, 6) is 0.263. The molecule has 0 aromatic carbocycles. The first-order valence-corrected chi connectivity index (χ1v) is 5.20. The Hall–Kier alpha value is -1.51. The van der Waals surface area contributed by atoms with E-state index in [1.807, 2.05) is 0 Å². The van der Waals surface area contributed by atoms with Gasteiger partial charge >= 0.3 is 5.69 Å². The van der Waals surface area contributed by atoms with Crippen LogP contribution >= 0.6 is 0 Å². The summed E-state index contributed by atoms with van der Waals surface area (Å²) in [6.07, 6.45) is -1.97. The molecule has 4 N–H and O–H groups in total. The average Bonchev–Trinajstić information content (AvgIpc) is 2.57. The molecule has 8 heteroatoms. The number of nitrogens with two attached hydrogens (primary N) is 1. The van der Waals surface area contributed by atoms with Crippen LogP contribution in [-0.2, 0) is 4.74 Å². The highest BCUT2D eigenvalue weighted by molar-refractivity contribution is 5.13. The molecule has 3 atom stereocenters. The van der Waals surface area contributed by atoms with Crippen LogP contribution in [0.15, 0.2) is 4.79 Å². The number of hydrogen-bond acceptors (Lipinski definition) is 7. The predicted octanol–water partition coefficient (Wildman–Crippen LogP) is -1.83. The Morgan fingerprint density at radius 2 is 2.29 bits per heavy atom. The van der Waals surface area contributed by atoms with E-state index in [0.29, 0.717) is 5.82 Å². The van der Waals surface area contributed by atoms with E-state index in [4.69, 9.17) is 15.6 Å². The highest BCUT2D eigenvalue weighted by Gasteiger charge is 2.35. The molecular formula is C9H14N4O4. The number of nitrogens with zero attached hydrogens (tertiary/aromatic N) is 3. The predicted molar refractivity (Wildman–Crippen MR) is 57.1 cm³/mol. The molecule has 1 saturated heterocycles. The highest BCUT2D eigenvalue weighted by Crippen LogP contribution is 2.27. The first-order valence-electron chi connectivity index (χ1n) is 5.20. The van der Waals surface area contributed by atoms with Gasteiger partial charge in [-0.05, 0) is 6.92 Å². The molecule has 2 rings (SSSR count). The molecule has 2 heterocycles. The van der Waals surface area contributed by atoms with Gasteiger partial charge in [0.05, 0.1) is 12.7 Å². The summed E-state index contributed by atoms with van der Waals surface area (Å²) in [6, 6.07) is 0. The number of aliphatic hydroxyl groups excluding tert-OH is 2. The third-order valence-electron chi connectivity index (χ3n) is 2.71. The highest BCUT2D eigenvalue weighted by atomic mass is 16.5. The van der Waals surface area contributed by atoms with E-state index in [1.165, 1.54) is 4.57 Å².